The van der Waals surface area contributed by atoms with Gasteiger partial charge in [0, 0.05) is 17.7 Å². The molecule has 1 fully saturated rings. The minimum Gasteiger partial charge on any atom is -0.488 e. The van der Waals surface area contributed by atoms with Gasteiger partial charge in [0.2, 0.25) is 0 Å². The molecule has 3 aromatic rings. The smallest absolute Gasteiger partial charge is 0.416 e. The van der Waals surface area contributed by atoms with Crippen molar-refractivity contribution in [3.05, 3.63) is 104 Å². The van der Waals surface area contributed by atoms with Gasteiger partial charge in [-0.2, -0.15) is 13.2 Å². The number of hydrogen-bond donors (Lipinski definition) is 1. The molecule has 1 N–H and O–H groups in total. The van der Waals surface area contributed by atoms with E-state index in [4.69, 9.17) is 10.1 Å². The van der Waals surface area contributed by atoms with Crippen LogP contribution in [0, 0.1) is 22.4 Å². The summed E-state index contributed by atoms with van der Waals surface area (Å²) in [5.74, 6) is -0.451. The highest BCUT2D eigenvalue weighted by Crippen LogP contribution is 2.39. The molecule has 1 aliphatic heterocycles. The zero-order chi connectivity index (χ0) is 26.0. The number of carbonyl (C=O) groups is 1. The van der Waals surface area contributed by atoms with Gasteiger partial charge in [0.05, 0.1) is 21.1 Å². The quantitative estimate of drug-likeness (QED) is 0.229. The van der Waals surface area contributed by atoms with Gasteiger partial charge in [0.15, 0.2) is 5.17 Å². The lowest BCUT2D eigenvalue weighted by Crippen LogP contribution is -2.28. The van der Waals surface area contributed by atoms with Crippen molar-refractivity contribution in [2.24, 2.45) is 0 Å². The summed E-state index contributed by atoms with van der Waals surface area (Å²) in [4.78, 5) is 24.7. The minimum atomic E-state index is -4.61. The van der Waals surface area contributed by atoms with Crippen molar-refractivity contribution in [2.75, 3.05) is 4.90 Å². The number of halogens is 3. The molecule has 184 valence electrons. The number of amides is 1. The molecular formula is C25H18F3N3O4S. The molecule has 0 bridgehead atoms. The number of ether oxygens (including phenoxy) is 1. The van der Waals surface area contributed by atoms with Gasteiger partial charge in [-0.1, -0.05) is 35.9 Å². The SMILES string of the molecule is Cc1cccc(COc2ccc([N+](=O)[O-])cc2C=C2SC(=N)N(c3cccc(C(F)(F)F)c3)C2=O)c1. The van der Waals surface area contributed by atoms with E-state index in [0.717, 1.165) is 46.0 Å². The maximum absolute atomic E-state index is 13.1. The maximum atomic E-state index is 13.1. The Bertz CT molecular complexity index is 1410. The Morgan fingerprint density at radius 1 is 1.11 bits per heavy atom. The van der Waals surface area contributed by atoms with E-state index >= 15 is 0 Å². The molecule has 0 radical (unpaired) electrons. The van der Waals surface area contributed by atoms with Gasteiger partial charge in [-0.15, -0.1) is 0 Å². The zero-order valence-electron chi connectivity index (χ0n) is 18.7. The monoisotopic (exact) mass is 513 g/mol. The van der Waals surface area contributed by atoms with Crippen molar-refractivity contribution < 1.29 is 27.6 Å². The Morgan fingerprint density at radius 3 is 2.56 bits per heavy atom. The number of rotatable bonds is 6. The van der Waals surface area contributed by atoms with E-state index in [1.807, 2.05) is 31.2 Å². The number of alkyl halides is 3. The van der Waals surface area contributed by atoms with Crippen molar-refractivity contribution in [1.29, 1.82) is 5.41 Å². The van der Waals surface area contributed by atoms with Crippen LogP contribution >= 0.6 is 11.8 Å². The van der Waals surface area contributed by atoms with Crippen molar-refractivity contribution >= 4 is 40.3 Å². The van der Waals surface area contributed by atoms with Crippen LogP contribution in [0.2, 0.25) is 0 Å². The highest BCUT2D eigenvalue weighted by Gasteiger charge is 2.36. The van der Waals surface area contributed by atoms with E-state index in [0.29, 0.717) is 0 Å². The van der Waals surface area contributed by atoms with E-state index in [2.05, 4.69) is 0 Å². The number of amidine groups is 1. The Kier molecular flexibility index (Phi) is 6.84. The fourth-order valence-electron chi connectivity index (χ4n) is 3.54. The molecule has 36 heavy (non-hydrogen) atoms. The first-order chi connectivity index (χ1) is 17.0. The molecule has 0 atom stereocenters. The highest BCUT2D eigenvalue weighted by atomic mass is 32.2. The molecule has 0 unspecified atom stereocenters. The van der Waals surface area contributed by atoms with Crippen molar-refractivity contribution in [3.63, 3.8) is 0 Å². The Morgan fingerprint density at radius 2 is 1.86 bits per heavy atom. The molecule has 11 heteroatoms. The van der Waals surface area contributed by atoms with Gasteiger partial charge in [0.25, 0.3) is 11.6 Å². The van der Waals surface area contributed by atoms with Gasteiger partial charge in [-0.05, 0) is 54.6 Å². The number of nitrogens with one attached hydrogen (secondary N) is 1. The fourth-order valence-corrected chi connectivity index (χ4v) is 4.39. The van der Waals surface area contributed by atoms with E-state index in [-0.39, 0.29) is 39.4 Å². The molecule has 0 aromatic heterocycles. The number of nitro groups is 1. The van der Waals surface area contributed by atoms with E-state index in [1.54, 1.807) is 0 Å². The minimum absolute atomic E-state index is 0.0123. The molecule has 1 heterocycles. The zero-order valence-corrected chi connectivity index (χ0v) is 19.5. The summed E-state index contributed by atoms with van der Waals surface area (Å²) in [7, 11) is 0. The normalized spacial score (nSPS) is 15.0. The highest BCUT2D eigenvalue weighted by molar-refractivity contribution is 8.19. The average Bonchev–Trinajstić information content (AvgIpc) is 3.10. The first kappa shape index (κ1) is 25.0. The van der Waals surface area contributed by atoms with Gasteiger partial charge in [-0.25, -0.2) is 0 Å². The first-order valence-corrected chi connectivity index (χ1v) is 11.3. The standard InChI is InChI=1S/C25H18F3N3O4S/c1-15-4-2-5-16(10-15)14-35-21-9-8-20(31(33)34)11-17(21)12-22-23(32)30(24(29)36-22)19-7-3-6-18(13-19)25(26,27)28/h2-13,29H,14H2,1H3. The van der Waals surface area contributed by atoms with Gasteiger partial charge < -0.3 is 4.74 Å². The molecule has 1 aliphatic rings. The largest absolute Gasteiger partial charge is 0.488 e. The number of thioether (sulfide) groups is 1. The number of hydrogen-bond acceptors (Lipinski definition) is 6. The van der Waals surface area contributed by atoms with Crippen LogP contribution in [-0.2, 0) is 17.6 Å². The van der Waals surface area contributed by atoms with Crippen LogP contribution in [0.25, 0.3) is 6.08 Å². The number of carbonyl (C=O) groups excluding carboxylic acids is 1. The summed E-state index contributed by atoms with van der Waals surface area (Å²) in [6, 6.07) is 15.6. The summed E-state index contributed by atoms with van der Waals surface area (Å²) in [6.45, 7) is 2.10. The van der Waals surface area contributed by atoms with Crippen LogP contribution < -0.4 is 9.64 Å². The second-order valence-corrected chi connectivity index (χ2v) is 8.89. The second kappa shape index (κ2) is 9.86. The molecule has 0 spiro atoms. The lowest BCUT2D eigenvalue weighted by Gasteiger charge is -2.16. The summed E-state index contributed by atoms with van der Waals surface area (Å²) in [6.07, 6.45) is -3.27. The lowest BCUT2D eigenvalue weighted by atomic mass is 10.1. The third-order valence-electron chi connectivity index (χ3n) is 5.22. The van der Waals surface area contributed by atoms with Crippen molar-refractivity contribution in [2.45, 2.75) is 19.7 Å². The van der Waals surface area contributed by atoms with E-state index in [9.17, 15) is 28.1 Å². The molecule has 1 amide bonds. The maximum Gasteiger partial charge on any atom is 0.416 e. The number of nitro benzene ring substituents is 1. The molecular weight excluding hydrogens is 495 g/mol. The summed E-state index contributed by atoms with van der Waals surface area (Å²) < 4.78 is 45.3. The Hall–Kier alpha value is -4.12. The number of nitrogens with zero attached hydrogens (tertiary/aromatic N) is 2. The summed E-state index contributed by atoms with van der Waals surface area (Å²) in [5, 5.41) is 19.2. The summed E-state index contributed by atoms with van der Waals surface area (Å²) in [5.41, 5.74) is 0.842. The number of aryl methyl sites for hydroxylation is 1. The molecule has 4 rings (SSSR count). The number of non-ortho nitro benzene ring substituents is 1. The average molecular weight is 513 g/mol. The second-order valence-electron chi connectivity index (χ2n) is 7.86. The van der Waals surface area contributed by atoms with E-state index in [1.165, 1.54) is 30.3 Å². The molecule has 7 nitrogen and oxygen atoms in total. The van der Waals surface area contributed by atoms with Gasteiger partial charge in [-0.3, -0.25) is 25.2 Å². The summed E-state index contributed by atoms with van der Waals surface area (Å²) >= 11 is 0.738. The molecule has 1 saturated heterocycles. The number of benzene rings is 3. The van der Waals surface area contributed by atoms with Gasteiger partial charge >= 0.3 is 6.18 Å². The van der Waals surface area contributed by atoms with Crippen LogP contribution in [0.3, 0.4) is 0 Å². The third kappa shape index (κ3) is 5.41. The third-order valence-corrected chi connectivity index (χ3v) is 6.11. The van der Waals surface area contributed by atoms with Crippen LogP contribution in [0.15, 0.2) is 71.6 Å². The van der Waals surface area contributed by atoms with Crippen LogP contribution in [0.5, 0.6) is 5.75 Å². The number of anilines is 1. The molecule has 3 aromatic carbocycles. The van der Waals surface area contributed by atoms with Crippen LogP contribution in [0.1, 0.15) is 22.3 Å². The molecule has 0 saturated carbocycles. The van der Waals surface area contributed by atoms with Crippen molar-refractivity contribution in [1.82, 2.24) is 0 Å². The van der Waals surface area contributed by atoms with E-state index < -0.39 is 22.6 Å². The van der Waals surface area contributed by atoms with Crippen LogP contribution in [0.4, 0.5) is 24.5 Å². The predicted molar refractivity (Wildman–Crippen MR) is 131 cm³/mol. The van der Waals surface area contributed by atoms with Crippen LogP contribution in [-0.4, -0.2) is 16.0 Å². The molecule has 0 aliphatic carbocycles. The topological polar surface area (TPSA) is 96.5 Å². The van der Waals surface area contributed by atoms with Gasteiger partial charge in [0.1, 0.15) is 12.4 Å². The Labute approximate surface area is 207 Å². The Balaban J connectivity index is 1.66. The van der Waals surface area contributed by atoms with Crippen molar-refractivity contribution in [3.8, 4) is 5.75 Å². The fraction of sp³-hybridized carbons (Fsp3) is 0.120. The first-order valence-electron chi connectivity index (χ1n) is 10.5. The lowest BCUT2D eigenvalue weighted by molar-refractivity contribution is -0.384. The predicted octanol–water partition coefficient (Wildman–Crippen LogP) is 6.56.